The van der Waals surface area contributed by atoms with Crippen LogP contribution in [0.2, 0.25) is 0 Å². The van der Waals surface area contributed by atoms with Gasteiger partial charge in [-0.3, -0.25) is 9.59 Å². The Bertz CT molecular complexity index is 446. The SMILES string of the molecule is CCC(=O)c1ccc(C(=O)N2CCCNCC2)cc1. The number of ketones is 1. The van der Waals surface area contributed by atoms with E-state index in [4.69, 9.17) is 0 Å². The van der Waals surface area contributed by atoms with Crippen LogP contribution < -0.4 is 5.32 Å². The van der Waals surface area contributed by atoms with Crippen molar-refractivity contribution in [1.82, 2.24) is 10.2 Å². The summed E-state index contributed by atoms with van der Waals surface area (Å²) in [5, 5.41) is 3.28. The standard InChI is InChI=1S/C15H20N2O2/c1-2-14(18)12-4-6-13(7-5-12)15(19)17-10-3-8-16-9-11-17/h4-7,16H,2-3,8-11H2,1H3. The molecular weight excluding hydrogens is 240 g/mol. The Balaban J connectivity index is 2.08. The molecule has 0 bridgehead atoms. The number of rotatable bonds is 3. The summed E-state index contributed by atoms with van der Waals surface area (Å²) in [6.45, 7) is 5.19. The van der Waals surface area contributed by atoms with Crippen LogP contribution in [0, 0.1) is 0 Å². The minimum absolute atomic E-state index is 0.0548. The fraction of sp³-hybridized carbons (Fsp3) is 0.467. The summed E-state index contributed by atoms with van der Waals surface area (Å²) in [5.74, 6) is 0.164. The molecule has 1 heterocycles. The average molecular weight is 260 g/mol. The van der Waals surface area contributed by atoms with E-state index in [1.54, 1.807) is 24.3 Å². The minimum Gasteiger partial charge on any atom is -0.337 e. The molecule has 0 spiro atoms. The number of nitrogens with zero attached hydrogens (tertiary/aromatic N) is 1. The minimum atomic E-state index is 0.0548. The summed E-state index contributed by atoms with van der Waals surface area (Å²) in [6.07, 6.45) is 1.48. The fourth-order valence-corrected chi connectivity index (χ4v) is 2.23. The first-order chi connectivity index (χ1) is 9.22. The molecule has 0 aliphatic carbocycles. The molecule has 0 radical (unpaired) electrons. The van der Waals surface area contributed by atoms with E-state index in [9.17, 15) is 9.59 Å². The zero-order valence-corrected chi connectivity index (χ0v) is 11.3. The van der Waals surface area contributed by atoms with E-state index in [1.807, 2.05) is 11.8 Å². The number of amides is 1. The van der Waals surface area contributed by atoms with E-state index in [1.165, 1.54) is 0 Å². The molecule has 102 valence electrons. The van der Waals surface area contributed by atoms with E-state index in [0.29, 0.717) is 17.5 Å². The first-order valence-electron chi connectivity index (χ1n) is 6.85. The molecule has 4 heteroatoms. The molecule has 1 aromatic carbocycles. The van der Waals surface area contributed by atoms with Gasteiger partial charge in [0.15, 0.2) is 5.78 Å². The van der Waals surface area contributed by atoms with Gasteiger partial charge in [0.2, 0.25) is 0 Å². The Kier molecular flexibility index (Phi) is 4.68. The van der Waals surface area contributed by atoms with Crippen molar-refractivity contribution in [2.24, 2.45) is 0 Å². The molecular formula is C15H20N2O2. The van der Waals surface area contributed by atoms with Crippen molar-refractivity contribution in [2.75, 3.05) is 26.2 Å². The lowest BCUT2D eigenvalue weighted by atomic mass is 10.1. The number of nitrogens with one attached hydrogen (secondary N) is 1. The maximum absolute atomic E-state index is 12.3. The first-order valence-corrected chi connectivity index (χ1v) is 6.85. The van der Waals surface area contributed by atoms with E-state index in [2.05, 4.69) is 5.32 Å². The zero-order valence-electron chi connectivity index (χ0n) is 11.3. The number of hydrogen-bond donors (Lipinski definition) is 1. The Labute approximate surface area is 113 Å². The van der Waals surface area contributed by atoms with Crippen LogP contribution in [-0.2, 0) is 0 Å². The molecule has 1 saturated heterocycles. The van der Waals surface area contributed by atoms with Crippen LogP contribution in [0.4, 0.5) is 0 Å². The maximum Gasteiger partial charge on any atom is 0.253 e. The molecule has 0 saturated carbocycles. The van der Waals surface area contributed by atoms with Crippen molar-refractivity contribution >= 4 is 11.7 Å². The lowest BCUT2D eigenvalue weighted by molar-refractivity contribution is 0.0766. The average Bonchev–Trinajstić information content (AvgIpc) is 2.75. The Morgan fingerprint density at radius 2 is 1.79 bits per heavy atom. The van der Waals surface area contributed by atoms with Crippen molar-refractivity contribution in [3.05, 3.63) is 35.4 Å². The second-order valence-corrected chi connectivity index (χ2v) is 4.75. The fourth-order valence-electron chi connectivity index (χ4n) is 2.23. The number of carbonyl (C=O) groups is 2. The van der Waals surface area contributed by atoms with Crippen molar-refractivity contribution in [2.45, 2.75) is 19.8 Å². The van der Waals surface area contributed by atoms with Crippen molar-refractivity contribution in [1.29, 1.82) is 0 Å². The van der Waals surface area contributed by atoms with Gasteiger partial charge in [-0.2, -0.15) is 0 Å². The van der Waals surface area contributed by atoms with Gasteiger partial charge < -0.3 is 10.2 Å². The molecule has 2 rings (SSSR count). The van der Waals surface area contributed by atoms with Crippen LogP contribution >= 0.6 is 0 Å². The van der Waals surface area contributed by atoms with Crippen molar-refractivity contribution in [3.63, 3.8) is 0 Å². The van der Waals surface area contributed by atoms with Crippen LogP contribution in [0.5, 0.6) is 0 Å². The third-order valence-corrected chi connectivity index (χ3v) is 3.40. The highest BCUT2D eigenvalue weighted by molar-refractivity contribution is 5.98. The lowest BCUT2D eigenvalue weighted by Crippen LogP contribution is -2.34. The number of hydrogen-bond acceptors (Lipinski definition) is 3. The first kappa shape index (κ1) is 13.7. The van der Waals surface area contributed by atoms with E-state index in [0.717, 1.165) is 32.6 Å². The van der Waals surface area contributed by atoms with E-state index >= 15 is 0 Å². The highest BCUT2D eigenvalue weighted by Crippen LogP contribution is 2.10. The zero-order chi connectivity index (χ0) is 13.7. The molecule has 0 aromatic heterocycles. The van der Waals surface area contributed by atoms with Crippen molar-refractivity contribution in [3.8, 4) is 0 Å². The normalized spacial score (nSPS) is 15.9. The summed E-state index contributed by atoms with van der Waals surface area (Å²) in [6, 6.07) is 7.00. The predicted molar refractivity (Wildman–Crippen MR) is 74.5 cm³/mol. The maximum atomic E-state index is 12.3. The van der Waals surface area contributed by atoms with Gasteiger partial charge in [-0.25, -0.2) is 0 Å². The van der Waals surface area contributed by atoms with Gasteiger partial charge in [0, 0.05) is 37.2 Å². The smallest absolute Gasteiger partial charge is 0.253 e. The summed E-state index contributed by atoms with van der Waals surface area (Å²) >= 11 is 0. The highest BCUT2D eigenvalue weighted by atomic mass is 16.2. The summed E-state index contributed by atoms with van der Waals surface area (Å²) < 4.78 is 0. The summed E-state index contributed by atoms with van der Waals surface area (Å²) in [7, 11) is 0. The Hall–Kier alpha value is -1.68. The van der Waals surface area contributed by atoms with Gasteiger partial charge in [0.25, 0.3) is 5.91 Å². The highest BCUT2D eigenvalue weighted by Gasteiger charge is 2.17. The second-order valence-electron chi connectivity index (χ2n) is 4.75. The van der Waals surface area contributed by atoms with Gasteiger partial charge >= 0.3 is 0 Å². The lowest BCUT2D eigenvalue weighted by Gasteiger charge is -2.20. The molecule has 1 aliphatic rings. The van der Waals surface area contributed by atoms with Gasteiger partial charge in [-0.1, -0.05) is 19.1 Å². The molecule has 1 amide bonds. The van der Waals surface area contributed by atoms with Crippen LogP contribution in [0.25, 0.3) is 0 Å². The number of carbonyl (C=O) groups excluding carboxylic acids is 2. The Morgan fingerprint density at radius 3 is 2.47 bits per heavy atom. The van der Waals surface area contributed by atoms with Crippen LogP contribution in [-0.4, -0.2) is 42.8 Å². The van der Waals surface area contributed by atoms with Crippen LogP contribution in [0.15, 0.2) is 24.3 Å². The molecule has 19 heavy (non-hydrogen) atoms. The summed E-state index contributed by atoms with van der Waals surface area (Å²) in [4.78, 5) is 25.7. The second kappa shape index (κ2) is 6.48. The third-order valence-electron chi connectivity index (χ3n) is 3.40. The quantitative estimate of drug-likeness (QED) is 0.842. The van der Waals surface area contributed by atoms with Gasteiger partial charge in [0.1, 0.15) is 0 Å². The Morgan fingerprint density at radius 1 is 1.11 bits per heavy atom. The van der Waals surface area contributed by atoms with Gasteiger partial charge in [-0.05, 0) is 25.1 Å². The molecule has 1 N–H and O–H groups in total. The van der Waals surface area contributed by atoms with Gasteiger partial charge in [0.05, 0.1) is 0 Å². The molecule has 1 aliphatic heterocycles. The monoisotopic (exact) mass is 260 g/mol. The molecule has 1 aromatic rings. The number of benzene rings is 1. The van der Waals surface area contributed by atoms with E-state index in [-0.39, 0.29) is 11.7 Å². The number of Topliss-reactive ketones (excluding diaryl/α,β-unsaturated/α-hetero) is 1. The topological polar surface area (TPSA) is 49.4 Å². The van der Waals surface area contributed by atoms with Gasteiger partial charge in [-0.15, -0.1) is 0 Å². The van der Waals surface area contributed by atoms with Crippen molar-refractivity contribution < 1.29 is 9.59 Å². The predicted octanol–water partition coefficient (Wildman–Crippen LogP) is 1.71. The largest absolute Gasteiger partial charge is 0.337 e. The molecule has 0 unspecified atom stereocenters. The molecule has 1 fully saturated rings. The van der Waals surface area contributed by atoms with Crippen LogP contribution in [0.3, 0.4) is 0 Å². The summed E-state index contributed by atoms with van der Waals surface area (Å²) in [5.41, 5.74) is 1.34. The third kappa shape index (κ3) is 3.41. The van der Waals surface area contributed by atoms with Crippen LogP contribution in [0.1, 0.15) is 40.5 Å². The molecule has 4 nitrogen and oxygen atoms in total. The van der Waals surface area contributed by atoms with E-state index < -0.39 is 0 Å². The molecule has 0 atom stereocenters.